The molecule has 124 valence electrons. The quantitative estimate of drug-likeness (QED) is 0.925. The molecule has 1 unspecified atom stereocenters. The fraction of sp³-hybridized carbons (Fsp3) is 0.400. The molecule has 2 fully saturated rings. The fourth-order valence-electron chi connectivity index (χ4n) is 3.55. The van der Waals surface area contributed by atoms with Crippen LogP contribution in [0.25, 0.3) is 0 Å². The van der Waals surface area contributed by atoms with E-state index in [0.29, 0.717) is 6.04 Å². The van der Waals surface area contributed by atoms with E-state index in [0.717, 1.165) is 36.3 Å². The SMILES string of the molecule is O=C(c1ccccc1)N1CCCC1c1ccc(NC2CCC2)nc1. The first-order valence-electron chi connectivity index (χ1n) is 8.90. The standard InChI is InChI=1S/C20H23N3O/c24-20(15-6-2-1-3-7-15)23-13-5-10-18(23)16-11-12-19(21-14-16)22-17-8-4-9-17/h1-3,6-7,11-12,14,17-18H,4-5,8-10,13H2,(H,21,22). The zero-order valence-electron chi connectivity index (χ0n) is 13.8. The Labute approximate surface area is 142 Å². The van der Waals surface area contributed by atoms with Crippen LogP contribution < -0.4 is 5.32 Å². The van der Waals surface area contributed by atoms with E-state index in [1.165, 1.54) is 19.3 Å². The molecule has 4 heteroatoms. The van der Waals surface area contributed by atoms with Crippen molar-refractivity contribution in [3.05, 3.63) is 59.8 Å². The number of amides is 1. The van der Waals surface area contributed by atoms with E-state index in [-0.39, 0.29) is 11.9 Å². The van der Waals surface area contributed by atoms with Crippen molar-refractivity contribution in [3.8, 4) is 0 Å². The van der Waals surface area contributed by atoms with Crippen LogP contribution in [-0.4, -0.2) is 28.4 Å². The molecule has 1 atom stereocenters. The van der Waals surface area contributed by atoms with Gasteiger partial charge in [-0.2, -0.15) is 0 Å². The molecule has 1 aliphatic carbocycles. The summed E-state index contributed by atoms with van der Waals surface area (Å²) >= 11 is 0. The summed E-state index contributed by atoms with van der Waals surface area (Å²) in [6, 6.07) is 14.5. The van der Waals surface area contributed by atoms with Crippen molar-refractivity contribution in [3.63, 3.8) is 0 Å². The topological polar surface area (TPSA) is 45.2 Å². The number of rotatable bonds is 4. The number of carbonyl (C=O) groups is 1. The van der Waals surface area contributed by atoms with Gasteiger partial charge in [-0.15, -0.1) is 0 Å². The van der Waals surface area contributed by atoms with E-state index >= 15 is 0 Å². The normalized spacial score (nSPS) is 20.7. The molecule has 1 saturated heterocycles. The molecule has 24 heavy (non-hydrogen) atoms. The minimum atomic E-state index is 0.120. The van der Waals surface area contributed by atoms with Gasteiger partial charge in [0, 0.05) is 24.3 Å². The van der Waals surface area contributed by atoms with Crippen molar-refractivity contribution in [2.45, 2.75) is 44.2 Å². The lowest BCUT2D eigenvalue weighted by Gasteiger charge is -2.27. The second-order valence-electron chi connectivity index (χ2n) is 6.77. The zero-order valence-corrected chi connectivity index (χ0v) is 13.8. The average molecular weight is 321 g/mol. The predicted molar refractivity (Wildman–Crippen MR) is 95.0 cm³/mol. The highest BCUT2D eigenvalue weighted by atomic mass is 16.2. The van der Waals surface area contributed by atoms with Gasteiger partial charge in [0.25, 0.3) is 5.91 Å². The first kappa shape index (κ1) is 15.2. The Bertz CT molecular complexity index is 695. The molecule has 0 radical (unpaired) electrons. The molecule has 2 heterocycles. The second-order valence-corrected chi connectivity index (χ2v) is 6.77. The van der Waals surface area contributed by atoms with Gasteiger partial charge in [-0.3, -0.25) is 4.79 Å². The van der Waals surface area contributed by atoms with Crippen LogP contribution >= 0.6 is 0 Å². The Balaban J connectivity index is 1.49. The van der Waals surface area contributed by atoms with E-state index in [9.17, 15) is 4.79 Å². The van der Waals surface area contributed by atoms with Gasteiger partial charge in [-0.25, -0.2) is 4.98 Å². The van der Waals surface area contributed by atoms with Crippen LogP contribution in [0.15, 0.2) is 48.7 Å². The lowest BCUT2D eigenvalue weighted by molar-refractivity contribution is 0.0735. The summed E-state index contributed by atoms with van der Waals surface area (Å²) in [4.78, 5) is 19.3. The van der Waals surface area contributed by atoms with Crippen molar-refractivity contribution in [2.24, 2.45) is 0 Å². The number of hydrogen-bond acceptors (Lipinski definition) is 3. The predicted octanol–water partition coefficient (Wildman–Crippen LogP) is 4.02. The summed E-state index contributed by atoms with van der Waals surface area (Å²) in [6.45, 7) is 0.820. The lowest BCUT2D eigenvalue weighted by Crippen LogP contribution is -2.30. The number of benzene rings is 1. The summed E-state index contributed by atoms with van der Waals surface area (Å²) in [5, 5.41) is 3.46. The molecule has 1 saturated carbocycles. The summed E-state index contributed by atoms with van der Waals surface area (Å²) in [5.74, 6) is 1.07. The van der Waals surface area contributed by atoms with Gasteiger partial charge < -0.3 is 10.2 Å². The van der Waals surface area contributed by atoms with Crippen molar-refractivity contribution < 1.29 is 4.79 Å². The number of carbonyl (C=O) groups excluding carboxylic acids is 1. The molecule has 4 rings (SSSR count). The summed E-state index contributed by atoms with van der Waals surface area (Å²) in [6.07, 6.45) is 7.79. The minimum absolute atomic E-state index is 0.120. The Hall–Kier alpha value is -2.36. The second kappa shape index (κ2) is 6.63. The molecular formula is C20H23N3O. The number of hydrogen-bond donors (Lipinski definition) is 1. The molecule has 1 aliphatic heterocycles. The third-order valence-corrected chi connectivity index (χ3v) is 5.16. The van der Waals surface area contributed by atoms with Gasteiger partial charge in [0.15, 0.2) is 0 Å². The third kappa shape index (κ3) is 3.01. The molecular weight excluding hydrogens is 298 g/mol. The van der Waals surface area contributed by atoms with Crippen LogP contribution in [0.1, 0.15) is 54.1 Å². The summed E-state index contributed by atoms with van der Waals surface area (Å²) in [7, 11) is 0. The van der Waals surface area contributed by atoms with E-state index in [1.54, 1.807) is 0 Å². The minimum Gasteiger partial charge on any atom is -0.367 e. The lowest BCUT2D eigenvalue weighted by atomic mass is 9.93. The number of aromatic nitrogens is 1. The molecule has 0 spiro atoms. The van der Waals surface area contributed by atoms with Gasteiger partial charge in [0.05, 0.1) is 6.04 Å². The summed E-state index contributed by atoms with van der Waals surface area (Å²) in [5.41, 5.74) is 1.90. The Morgan fingerprint density at radius 1 is 1.04 bits per heavy atom. The average Bonchev–Trinajstić information content (AvgIpc) is 3.08. The number of likely N-dealkylation sites (tertiary alicyclic amines) is 1. The van der Waals surface area contributed by atoms with Crippen LogP contribution in [0.3, 0.4) is 0 Å². The maximum Gasteiger partial charge on any atom is 0.254 e. The largest absolute Gasteiger partial charge is 0.367 e. The van der Waals surface area contributed by atoms with Gasteiger partial charge in [0.2, 0.25) is 0 Å². The van der Waals surface area contributed by atoms with Crippen LogP contribution in [0.5, 0.6) is 0 Å². The number of anilines is 1. The molecule has 1 N–H and O–H groups in total. The molecule has 2 aliphatic rings. The molecule has 1 aromatic heterocycles. The Morgan fingerprint density at radius 2 is 1.88 bits per heavy atom. The maximum atomic E-state index is 12.8. The van der Waals surface area contributed by atoms with Gasteiger partial charge in [0.1, 0.15) is 5.82 Å². The number of nitrogens with zero attached hydrogens (tertiary/aromatic N) is 2. The van der Waals surface area contributed by atoms with Gasteiger partial charge in [-0.1, -0.05) is 24.3 Å². The highest BCUT2D eigenvalue weighted by Crippen LogP contribution is 2.33. The van der Waals surface area contributed by atoms with E-state index in [4.69, 9.17) is 0 Å². The Morgan fingerprint density at radius 3 is 2.54 bits per heavy atom. The highest BCUT2D eigenvalue weighted by Gasteiger charge is 2.30. The van der Waals surface area contributed by atoms with Crippen molar-refractivity contribution >= 4 is 11.7 Å². The first-order chi connectivity index (χ1) is 11.8. The van der Waals surface area contributed by atoms with Crippen LogP contribution in [0.4, 0.5) is 5.82 Å². The molecule has 1 amide bonds. The molecule has 1 aromatic carbocycles. The van der Waals surface area contributed by atoms with E-state index in [2.05, 4.69) is 22.4 Å². The Kier molecular flexibility index (Phi) is 4.20. The summed E-state index contributed by atoms with van der Waals surface area (Å²) < 4.78 is 0. The van der Waals surface area contributed by atoms with Crippen LogP contribution in [-0.2, 0) is 0 Å². The van der Waals surface area contributed by atoms with Crippen LogP contribution in [0.2, 0.25) is 0 Å². The molecule has 2 aromatic rings. The molecule has 0 bridgehead atoms. The zero-order chi connectivity index (χ0) is 16.4. The number of nitrogens with one attached hydrogen (secondary N) is 1. The molecule has 4 nitrogen and oxygen atoms in total. The maximum absolute atomic E-state index is 12.8. The van der Waals surface area contributed by atoms with E-state index in [1.807, 2.05) is 41.4 Å². The monoisotopic (exact) mass is 321 g/mol. The van der Waals surface area contributed by atoms with Crippen molar-refractivity contribution in [1.82, 2.24) is 9.88 Å². The van der Waals surface area contributed by atoms with Gasteiger partial charge >= 0.3 is 0 Å². The first-order valence-corrected chi connectivity index (χ1v) is 8.90. The third-order valence-electron chi connectivity index (χ3n) is 5.16. The highest BCUT2D eigenvalue weighted by molar-refractivity contribution is 5.94. The smallest absolute Gasteiger partial charge is 0.254 e. The van der Waals surface area contributed by atoms with Crippen molar-refractivity contribution in [2.75, 3.05) is 11.9 Å². The number of pyridine rings is 1. The van der Waals surface area contributed by atoms with Crippen LogP contribution in [0, 0.1) is 0 Å². The fourth-order valence-corrected chi connectivity index (χ4v) is 3.55. The van der Waals surface area contributed by atoms with Crippen molar-refractivity contribution in [1.29, 1.82) is 0 Å². The van der Waals surface area contributed by atoms with Gasteiger partial charge in [-0.05, 0) is 55.9 Å². The van der Waals surface area contributed by atoms with E-state index < -0.39 is 0 Å².